The molecule has 0 aromatic rings. The van der Waals surface area contributed by atoms with Crippen molar-refractivity contribution in [1.82, 2.24) is 10.6 Å². The zero-order valence-corrected chi connectivity index (χ0v) is 10.7. The Kier molecular flexibility index (Phi) is 6.46. The third-order valence-corrected chi connectivity index (χ3v) is 3.68. The van der Waals surface area contributed by atoms with Crippen LogP contribution < -0.4 is 10.6 Å². The van der Waals surface area contributed by atoms with Crippen LogP contribution in [0.4, 0.5) is 0 Å². The molecule has 3 nitrogen and oxygen atoms in total. The van der Waals surface area contributed by atoms with Crippen molar-refractivity contribution < 1.29 is 4.79 Å². The number of hydrogen-bond donors (Lipinski definition) is 2. The zero-order valence-electron chi connectivity index (χ0n) is 10.7. The average Bonchev–Trinajstić information content (AvgIpc) is 2.28. The van der Waals surface area contributed by atoms with Crippen LogP contribution in [0.1, 0.15) is 45.4 Å². The van der Waals surface area contributed by atoms with E-state index in [-0.39, 0.29) is 5.91 Å². The van der Waals surface area contributed by atoms with Crippen molar-refractivity contribution in [1.29, 1.82) is 0 Å². The predicted molar refractivity (Wildman–Crippen MR) is 67.3 cm³/mol. The van der Waals surface area contributed by atoms with E-state index in [2.05, 4.69) is 17.6 Å². The van der Waals surface area contributed by atoms with Gasteiger partial charge in [-0.3, -0.25) is 4.79 Å². The standard InChI is InChI=1S/C13H26N2O/c1-11-6-3-4-7-12(11)10-15-13(16)8-5-9-14-2/h11-12,14H,3-10H2,1-2H3,(H,15,16). The highest BCUT2D eigenvalue weighted by Crippen LogP contribution is 2.28. The molecule has 1 rings (SSSR count). The summed E-state index contributed by atoms with van der Waals surface area (Å²) in [4.78, 5) is 11.5. The lowest BCUT2D eigenvalue weighted by Crippen LogP contribution is -2.33. The Hall–Kier alpha value is -0.570. The van der Waals surface area contributed by atoms with Gasteiger partial charge in [0.25, 0.3) is 0 Å². The molecule has 0 bridgehead atoms. The monoisotopic (exact) mass is 226 g/mol. The first-order valence-electron chi connectivity index (χ1n) is 6.65. The first-order chi connectivity index (χ1) is 7.74. The van der Waals surface area contributed by atoms with Gasteiger partial charge >= 0.3 is 0 Å². The number of nitrogens with one attached hydrogen (secondary N) is 2. The third-order valence-electron chi connectivity index (χ3n) is 3.68. The predicted octanol–water partition coefficient (Wildman–Crippen LogP) is 1.93. The Labute approximate surface area is 99.4 Å². The molecule has 1 fully saturated rings. The molecule has 3 heteroatoms. The van der Waals surface area contributed by atoms with Crippen LogP contribution in [-0.4, -0.2) is 26.0 Å². The normalized spacial score (nSPS) is 25.4. The molecular formula is C13H26N2O. The van der Waals surface area contributed by atoms with Crippen molar-refractivity contribution in [2.45, 2.75) is 45.4 Å². The minimum absolute atomic E-state index is 0.216. The number of carbonyl (C=O) groups is 1. The summed E-state index contributed by atoms with van der Waals surface area (Å²) in [6.07, 6.45) is 6.92. The molecule has 2 N–H and O–H groups in total. The Morgan fingerprint density at radius 3 is 2.75 bits per heavy atom. The van der Waals surface area contributed by atoms with Crippen LogP contribution in [0.25, 0.3) is 0 Å². The van der Waals surface area contributed by atoms with Gasteiger partial charge in [-0.15, -0.1) is 0 Å². The molecule has 1 saturated carbocycles. The highest BCUT2D eigenvalue weighted by atomic mass is 16.1. The molecule has 2 atom stereocenters. The van der Waals surface area contributed by atoms with Gasteiger partial charge in [0, 0.05) is 13.0 Å². The van der Waals surface area contributed by atoms with Gasteiger partial charge in [0.15, 0.2) is 0 Å². The lowest BCUT2D eigenvalue weighted by atomic mass is 9.80. The van der Waals surface area contributed by atoms with Crippen LogP contribution in [0.5, 0.6) is 0 Å². The summed E-state index contributed by atoms with van der Waals surface area (Å²) in [5, 5.41) is 6.13. The van der Waals surface area contributed by atoms with Gasteiger partial charge in [0.1, 0.15) is 0 Å². The summed E-state index contributed by atoms with van der Waals surface area (Å²) in [7, 11) is 1.92. The molecule has 1 aliphatic rings. The fraction of sp³-hybridized carbons (Fsp3) is 0.923. The second kappa shape index (κ2) is 7.66. The van der Waals surface area contributed by atoms with E-state index < -0.39 is 0 Å². The van der Waals surface area contributed by atoms with E-state index in [1.807, 2.05) is 7.05 Å². The largest absolute Gasteiger partial charge is 0.356 e. The van der Waals surface area contributed by atoms with Crippen LogP contribution in [0.2, 0.25) is 0 Å². The average molecular weight is 226 g/mol. The van der Waals surface area contributed by atoms with Crippen molar-refractivity contribution in [3.63, 3.8) is 0 Å². The topological polar surface area (TPSA) is 41.1 Å². The minimum atomic E-state index is 0.216. The molecule has 0 aromatic carbocycles. The van der Waals surface area contributed by atoms with Crippen molar-refractivity contribution in [2.24, 2.45) is 11.8 Å². The maximum absolute atomic E-state index is 11.5. The van der Waals surface area contributed by atoms with E-state index in [1.54, 1.807) is 0 Å². The van der Waals surface area contributed by atoms with Crippen LogP contribution in [0.3, 0.4) is 0 Å². The van der Waals surface area contributed by atoms with Crippen molar-refractivity contribution in [3.05, 3.63) is 0 Å². The Morgan fingerprint density at radius 2 is 2.06 bits per heavy atom. The molecule has 0 aliphatic heterocycles. The smallest absolute Gasteiger partial charge is 0.220 e. The quantitative estimate of drug-likeness (QED) is 0.679. The molecule has 2 unspecified atom stereocenters. The Bertz CT molecular complexity index is 206. The number of amides is 1. The van der Waals surface area contributed by atoms with Crippen molar-refractivity contribution in [2.75, 3.05) is 20.1 Å². The number of carbonyl (C=O) groups excluding carboxylic acids is 1. The summed E-state index contributed by atoms with van der Waals surface area (Å²) in [6, 6.07) is 0. The van der Waals surface area contributed by atoms with Gasteiger partial charge < -0.3 is 10.6 Å². The minimum Gasteiger partial charge on any atom is -0.356 e. The molecule has 1 amide bonds. The molecular weight excluding hydrogens is 200 g/mol. The SMILES string of the molecule is CNCCCC(=O)NCC1CCCCC1C. The van der Waals surface area contributed by atoms with Gasteiger partial charge in [-0.2, -0.15) is 0 Å². The van der Waals surface area contributed by atoms with Crippen LogP contribution >= 0.6 is 0 Å². The Balaban J connectivity index is 2.10. The highest BCUT2D eigenvalue weighted by Gasteiger charge is 2.21. The molecule has 0 spiro atoms. The van der Waals surface area contributed by atoms with E-state index in [0.29, 0.717) is 12.3 Å². The maximum Gasteiger partial charge on any atom is 0.220 e. The third kappa shape index (κ3) is 4.97. The molecule has 94 valence electrons. The second-order valence-electron chi connectivity index (χ2n) is 5.03. The van der Waals surface area contributed by atoms with Gasteiger partial charge in [0.05, 0.1) is 0 Å². The van der Waals surface area contributed by atoms with E-state index in [0.717, 1.165) is 25.4 Å². The Morgan fingerprint density at radius 1 is 1.31 bits per heavy atom. The lowest BCUT2D eigenvalue weighted by Gasteiger charge is -2.28. The van der Waals surface area contributed by atoms with Crippen LogP contribution in [0.15, 0.2) is 0 Å². The summed E-state index contributed by atoms with van der Waals surface area (Å²) in [5.41, 5.74) is 0. The van der Waals surface area contributed by atoms with Gasteiger partial charge in [-0.1, -0.05) is 26.2 Å². The number of rotatable bonds is 6. The van der Waals surface area contributed by atoms with E-state index in [1.165, 1.54) is 25.7 Å². The fourth-order valence-corrected chi connectivity index (χ4v) is 2.46. The van der Waals surface area contributed by atoms with E-state index in [4.69, 9.17) is 0 Å². The zero-order chi connectivity index (χ0) is 11.8. The van der Waals surface area contributed by atoms with Gasteiger partial charge in [-0.05, 0) is 38.3 Å². The summed E-state index contributed by atoms with van der Waals surface area (Å²) >= 11 is 0. The summed E-state index contributed by atoms with van der Waals surface area (Å²) in [5.74, 6) is 1.71. The molecule has 0 heterocycles. The van der Waals surface area contributed by atoms with Crippen LogP contribution in [-0.2, 0) is 4.79 Å². The molecule has 16 heavy (non-hydrogen) atoms. The molecule has 1 aliphatic carbocycles. The first kappa shape index (κ1) is 13.5. The van der Waals surface area contributed by atoms with Crippen molar-refractivity contribution in [3.8, 4) is 0 Å². The lowest BCUT2D eigenvalue weighted by molar-refractivity contribution is -0.121. The van der Waals surface area contributed by atoms with Crippen molar-refractivity contribution >= 4 is 5.91 Å². The highest BCUT2D eigenvalue weighted by molar-refractivity contribution is 5.75. The summed E-state index contributed by atoms with van der Waals surface area (Å²) < 4.78 is 0. The summed E-state index contributed by atoms with van der Waals surface area (Å²) in [6.45, 7) is 4.13. The molecule has 0 radical (unpaired) electrons. The first-order valence-corrected chi connectivity index (χ1v) is 6.65. The van der Waals surface area contributed by atoms with Gasteiger partial charge in [-0.25, -0.2) is 0 Å². The maximum atomic E-state index is 11.5. The molecule has 0 saturated heterocycles. The fourth-order valence-electron chi connectivity index (χ4n) is 2.46. The second-order valence-corrected chi connectivity index (χ2v) is 5.03. The van der Waals surface area contributed by atoms with Gasteiger partial charge in [0.2, 0.25) is 5.91 Å². The van der Waals surface area contributed by atoms with E-state index >= 15 is 0 Å². The van der Waals surface area contributed by atoms with E-state index in [9.17, 15) is 4.79 Å². The number of hydrogen-bond acceptors (Lipinski definition) is 2. The van der Waals surface area contributed by atoms with Crippen LogP contribution in [0, 0.1) is 11.8 Å². The molecule has 0 aromatic heterocycles.